The molecule has 0 saturated carbocycles. The number of rotatable bonds is 6. The van der Waals surface area contributed by atoms with E-state index in [1.807, 2.05) is 0 Å². The summed E-state index contributed by atoms with van der Waals surface area (Å²) in [5, 5.41) is 11.5. The number of aryl methyl sites for hydroxylation is 1. The number of hydrogen-bond acceptors (Lipinski definition) is 7. The molecule has 0 fully saturated rings. The van der Waals surface area contributed by atoms with Crippen LogP contribution in [0.5, 0.6) is 17.2 Å². The average molecular weight is 457 g/mol. The van der Waals surface area contributed by atoms with Crippen LogP contribution in [0.4, 0.5) is 5.69 Å². The fourth-order valence-corrected chi connectivity index (χ4v) is 3.01. The smallest absolute Gasteiger partial charge is 0.327 e. The van der Waals surface area contributed by atoms with Gasteiger partial charge in [-0.2, -0.15) is 0 Å². The van der Waals surface area contributed by atoms with Gasteiger partial charge < -0.3 is 18.8 Å². The minimum Gasteiger partial charge on any atom is -0.493 e. The van der Waals surface area contributed by atoms with Crippen LogP contribution in [0, 0.1) is 10.1 Å². The molecule has 2 rings (SSSR count). The number of methoxy groups -OCH3 is 3. The molecule has 1 aromatic carbocycles. The van der Waals surface area contributed by atoms with Gasteiger partial charge in [0.05, 0.1) is 26.3 Å². The molecule has 0 saturated heterocycles. The molecule has 150 valence electrons. The molecule has 28 heavy (non-hydrogen) atoms. The predicted octanol–water partition coefficient (Wildman–Crippen LogP) is 1.80. The number of nitrogens with zero attached hydrogens (tertiary/aromatic N) is 2. The molecule has 0 bridgehead atoms. The van der Waals surface area contributed by atoms with Gasteiger partial charge in [0, 0.05) is 23.8 Å². The van der Waals surface area contributed by atoms with Gasteiger partial charge in [-0.15, -0.1) is 0 Å². The maximum absolute atomic E-state index is 12.5. The fraction of sp³-hybridized carbons (Fsp3) is 0.250. The van der Waals surface area contributed by atoms with E-state index in [1.165, 1.54) is 25.9 Å². The number of nitro benzene ring substituents is 1. The van der Waals surface area contributed by atoms with E-state index in [2.05, 4.69) is 26.8 Å². The molecule has 0 unspecified atom stereocenters. The summed E-state index contributed by atoms with van der Waals surface area (Å²) in [5.41, 5.74) is 3.59. The number of hydrazine groups is 1. The van der Waals surface area contributed by atoms with E-state index < -0.39 is 22.4 Å². The molecule has 0 atom stereocenters. The lowest BCUT2D eigenvalue weighted by atomic mass is 10.1. The normalized spacial score (nSPS) is 10.2. The van der Waals surface area contributed by atoms with Crippen LogP contribution in [-0.2, 0) is 7.05 Å². The lowest BCUT2D eigenvalue weighted by Gasteiger charge is -2.15. The molecule has 0 aliphatic rings. The number of ether oxygens (including phenoxy) is 3. The van der Waals surface area contributed by atoms with Gasteiger partial charge in [-0.05, 0) is 22.0 Å². The zero-order valence-electron chi connectivity index (χ0n) is 15.4. The van der Waals surface area contributed by atoms with Crippen LogP contribution in [-0.4, -0.2) is 42.6 Å². The second kappa shape index (κ2) is 8.61. The highest BCUT2D eigenvalue weighted by Crippen LogP contribution is 2.46. The van der Waals surface area contributed by atoms with Crippen LogP contribution in [0.15, 0.2) is 22.8 Å². The summed E-state index contributed by atoms with van der Waals surface area (Å²) in [7, 11) is 5.43. The van der Waals surface area contributed by atoms with E-state index in [1.54, 1.807) is 19.3 Å². The first-order chi connectivity index (χ1) is 13.2. The Labute approximate surface area is 167 Å². The Kier molecular flexibility index (Phi) is 6.46. The number of nitrogens with one attached hydrogen (secondary N) is 2. The van der Waals surface area contributed by atoms with Gasteiger partial charge in [-0.3, -0.25) is 30.6 Å². The maximum atomic E-state index is 12.5. The van der Waals surface area contributed by atoms with Crippen LogP contribution in [0.3, 0.4) is 0 Å². The van der Waals surface area contributed by atoms with E-state index in [0.717, 1.165) is 6.07 Å². The van der Waals surface area contributed by atoms with Gasteiger partial charge in [0.2, 0.25) is 11.5 Å². The maximum Gasteiger partial charge on any atom is 0.327 e. The van der Waals surface area contributed by atoms with Gasteiger partial charge >= 0.3 is 5.69 Å². The Hall–Kier alpha value is -3.28. The molecular weight excluding hydrogens is 440 g/mol. The lowest BCUT2D eigenvalue weighted by molar-refractivity contribution is -0.386. The van der Waals surface area contributed by atoms with Gasteiger partial charge in [-0.1, -0.05) is 0 Å². The third-order valence-electron chi connectivity index (χ3n) is 3.72. The number of carbonyl (C=O) groups excluding carboxylic acids is 2. The van der Waals surface area contributed by atoms with Crippen molar-refractivity contribution < 1.29 is 28.7 Å². The Balaban J connectivity index is 2.37. The topological polar surface area (TPSA) is 134 Å². The Bertz CT molecular complexity index is 942. The summed E-state index contributed by atoms with van der Waals surface area (Å²) in [4.78, 5) is 35.5. The first-order valence-electron chi connectivity index (χ1n) is 7.65. The number of amides is 2. The summed E-state index contributed by atoms with van der Waals surface area (Å²) in [6.45, 7) is 0. The van der Waals surface area contributed by atoms with Crippen molar-refractivity contribution in [2.75, 3.05) is 21.3 Å². The van der Waals surface area contributed by atoms with Crippen molar-refractivity contribution in [3.05, 3.63) is 44.2 Å². The van der Waals surface area contributed by atoms with Crippen LogP contribution >= 0.6 is 15.9 Å². The van der Waals surface area contributed by atoms with Crippen molar-refractivity contribution in [3.63, 3.8) is 0 Å². The van der Waals surface area contributed by atoms with Crippen molar-refractivity contribution in [1.82, 2.24) is 15.4 Å². The molecule has 2 N–H and O–H groups in total. The third-order valence-corrected chi connectivity index (χ3v) is 4.16. The van der Waals surface area contributed by atoms with Crippen LogP contribution in [0.2, 0.25) is 0 Å². The number of benzene rings is 1. The van der Waals surface area contributed by atoms with Gasteiger partial charge in [-0.25, -0.2) is 0 Å². The molecule has 2 aromatic rings. The summed E-state index contributed by atoms with van der Waals surface area (Å²) < 4.78 is 17.5. The number of nitro groups is 1. The highest BCUT2D eigenvalue weighted by atomic mass is 79.9. The van der Waals surface area contributed by atoms with Crippen LogP contribution < -0.4 is 25.1 Å². The lowest BCUT2D eigenvalue weighted by Crippen LogP contribution is -2.42. The van der Waals surface area contributed by atoms with Crippen LogP contribution in [0.1, 0.15) is 20.8 Å². The molecule has 0 spiro atoms. The average Bonchev–Trinajstić information content (AvgIpc) is 3.01. The first kappa shape index (κ1) is 21.0. The largest absolute Gasteiger partial charge is 0.493 e. The molecule has 0 aliphatic heterocycles. The second-order valence-electron chi connectivity index (χ2n) is 5.36. The second-order valence-corrected chi connectivity index (χ2v) is 6.28. The van der Waals surface area contributed by atoms with Crippen LogP contribution in [0.25, 0.3) is 0 Å². The summed E-state index contributed by atoms with van der Waals surface area (Å²) in [6, 6.07) is 2.67. The van der Waals surface area contributed by atoms with Gasteiger partial charge in [0.25, 0.3) is 11.8 Å². The Morgan fingerprint density at radius 3 is 2.14 bits per heavy atom. The molecule has 1 heterocycles. The van der Waals surface area contributed by atoms with Crippen molar-refractivity contribution in [1.29, 1.82) is 0 Å². The zero-order valence-corrected chi connectivity index (χ0v) is 16.9. The summed E-state index contributed by atoms with van der Waals surface area (Å²) in [5.74, 6) is -1.82. The van der Waals surface area contributed by atoms with Crippen molar-refractivity contribution in [2.24, 2.45) is 7.05 Å². The van der Waals surface area contributed by atoms with Crippen molar-refractivity contribution in [3.8, 4) is 17.2 Å². The quantitative estimate of drug-likeness (QED) is 0.499. The van der Waals surface area contributed by atoms with E-state index in [-0.39, 0.29) is 28.5 Å². The Morgan fingerprint density at radius 1 is 1.07 bits per heavy atom. The zero-order chi connectivity index (χ0) is 21.0. The summed E-state index contributed by atoms with van der Waals surface area (Å²) >= 11 is 3.24. The van der Waals surface area contributed by atoms with E-state index >= 15 is 0 Å². The van der Waals surface area contributed by atoms with E-state index in [4.69, 9.17) is 14.2 Å². The van der Waals surface area contributed by atoms with Crippen molar-refractivity contribution in [2.45, 2.75) is 0 Å². The van der Waals surface area contributed by atoms with E-state index in [9.17, 15) is 19.7 Å². The third kappa shape index (κ3) is 4.01. The standard InChI is InChI=1S/C16H17BrN4O7/c1-20-7-8(17)5-10(20)16(23)19-18-15(22)9-6-11(26-2)13(27-3)14(28-4)12(9)21(24)25/h5-7H,1-4H3,(H,18,22)(H,19,23). The highest BCUT2D eigenvalue weighted by molar-refractivity contribution is 9.10. The number of aromatic nitrogens is 1. The number of halogens is 1. The molecule has 1 aromatic heterocycles. The molecular formula is C16H17BrN4O7. The predicted molar refractivity (Wildman–Crippen MR) is 101 cm³/mol. The van der Waals surface area contributed by atoms with Crippen molar-refractivity contribution >= 4 is 33.4 Å². The number of hydrogen-bond donors (Lipinski definition) is 2. The van der Waals surface area contributed by atoms with Gasteiger partial charge in [0.1, 0.15) is 11.3 Å². The monoisotopic (exact) mass is 456 g/mol. The molecule has 0 aliphatic carbocycles. The SMILES string of the molecule is COc1cc(C(=O)NNC(=O)c2cc(Br)cn2C)c([N+](=O)[O-])c(OC)c1OC. The molecule has 11 nitrogen and oxygen atoms in total. The van der Waals surface area contributed by atoms with E-state index in [0.29, 0.717) is 4.47 Å². The van der Waals surface area contributed by atoms with Gasteiger partial charge in [0.15, 0.2) is 5.75 Å². The molecule has 12 heteroatoms. The minimum absolute atomic E-state index is 0.0362. The summed E-state index contributed by atoms with van der Waals surface area (Å²) in [6.07, 6.45) is 1.65. The highest BCUT2D eigenvalue weighted by Gasteiger charge is 2.32. The minimum atomic E-state index is -0.937. The number of carbonyl (C=O) groups is 2. The molecule has 2 amide bonds. The first-order valence-corrected chi connectivity index (χ1v) is 8.44. The Morgan fingerprint density at radius 2 is 1.68 bits per heavy atom. The molecule has 0 radical (unpaired) electrons. The fourth-order valence-electron chi connectivity index (χ4n) is 2.49.